The van der Waals surface area contributed by atoms with Crippen molar-refractivity contribution in [3.63, 3.8) is 0 Å². The first-order valence-electron chi connectivity index (χ1n) is 4.67. The van der Waals surface area contributed by atoms with Gasteiger partial charge in [0.25, 0.3) is 0 Å². The minimum atomic E-state index is -2.96. The zero-order valence-electron chi connectivity index (χ0n) is 8.68. The molecule has 15 heavy (non-hydrogen) atoms. The van der Waals surface area contributed by atoms with Crippen LogP contribution in [-0.4, -0.2) is 50.6 Å². The highest BCUT2D eigenvalue weighted by atomic mass is 32.2. The van der Waals surface area contributed by atoms with Gasteiger partial charge < -0.3 is 9.64 Å². The van der Waals surface area contributed by atoms with Crippen LogP contribution in [0.3, 0.4) is 0 Å². The molecule has 1 atom stereocenters. The molecule has 1 rings (SSSR count). The Hall–Kier alpha value is -1.04. The predicted octanol–water partition coefficient (Wildman–Crippen LogP) is 0.428. The van der Waals surface area contributed by atoms with E-state index in [4.69, 9.17) is 4.74 Å². The molecule has 0 spiro atoms. The molecule has 86 valence electrons. The van der Waals surface area contributed by atoms with Crippen LogP contribution in [0.5, 0.6) is 0 Å². The summed E-state index contributed by atoms with van der Waals surface area (Å²) in [5, 5.41) is 0. The highest BCUT2D eigenvalue weighted by molar-refractivity contribution is 7.91. The second kappa shape index (κ2) is 4.65. The Bertz CT molecular complexity index is 349. The van der Waals surface area contributed by atoms with Crippen LogP contribution >= 0.6 is 0 Å². The Kier molecular flexibility index (Phi) is 3.73. The zero-order valence-corrected chi connectivity index (χ0v) is 9.50. The average molecular weight is 233 g/mol. The fraction of sp³-hybridized carbons (Fsp3) is 0.667. The molecule has 0 aliphatic carbocycles. The van der Waals surface area contributed by atoms with Gasteiger partial charge in [0.15, 0.2) is 9.84 Å². The van der Waals surface area contributed by atoms with E-state index in [1.807, 2.05) is 0 Å². The number of sulfone groups is 1. The molecule has 1 amide bonds. The SMILES string of the molecule is C=CCOC(=O)N(C)[C@H]1CCS(=O)(=O)C1. The second-order valence-corrected chi connectivity index (χ2v) is 5.76. The number of carbonyl (C=O) groups is 1. The van der Waals surface area contributed by atoms with Gasteiger partial charge in [-0.25, -0.2) is 13.2 Å². The van der Waals surface area contributed by atoms with Crippen molar-refractivity contribution < 1.29 is 17.9 Å². The van der Waals surface area contributed by atoms with Crippen LogP contribution in [0.25, 0.3) is 0 Å². The van der Waals surface area contributed by atoms with Crippen LogP contribution in [0.15, 0.2) is 12.7 Å². The number of amides is 1. The van der Waals surface area contributed by atoms with Gasteiger partial charge in [0.05, 0.1) is 11.5 Å². The lowest BCUT2D eigenvalue weighted by Gasteiger charge is -2.22. The maximum Gasteiger partial charge on any atom is 0.410 e. The first-order chi connectivity index (χ1) is 6.96. The fourth-order valence-corrected chi connectivity index (χ4v) is 3.24. The van der Waals surface area contributed by atoms with Gasteiger partial charge in [-0.1, -0.05) is 12.7 Å². The van der Waals surface area contributed by atoms with Crippen molar-refractivity contribution in [2.75, 3.05) is 25.2 Å². The number of hydrogen-bond acceptors (Lipinski definition) is 4. The van der Waals surface area contributed by atoms with E-state index in [2.05, 4.69) is 6.58 Å². The Balaban J connectivity index is 2.51. The van der Waals surface area contributed by atoms with Gasteiger partial charge in [0.2, 0.25) is 0 Å². The number of ether oxygens (including phenoxy) is 1. The summed E-state index contributed by atoms with van der Waals surface area (Å²) in [5.74, 6) is 0.184. The normalized spacial score (nSPS) is 23.4. The van der Waals surface area contributed by atoms with E-state index in [0.29, 0.717) is 6.42 Å². The summed E-state index contributed by atoms with van der Waals surface area (Å²) in [5.41, 5.74) is 0. The topological polar surface area (TPSA) is 63.7 Å². The van der Waals surface area contributed by atoms with E-state index in [9.17, 15) is 13.2 Å². The molecule has 1 aliphatic heterocycles. The molecule has 1 fully saturated rings. The van der Waals surface area contributed by atoms with Gasteiger partial charge in [-0.2, -0.15) is 0 Å². The summed E-state index contributed by atoms with van der Waals surface area (Å²) in [4.78, 5) is 12.7. The van der Waals surface area contributed by atoms with Gasteiger partial charge >= 0.3 is 6.09 Å². The van der Waals surface area contributed by atoms with Crippen LogP contribution in [-0.2, 0) is 14.6 Å². The number of hydrogen-bond donors (Lipinski definition) is 0. The van der Waals surface area contributed by atoms with Gasteiger partial charge in [0, 0.05) is 13.1 Å². The van der Waals surface area contributed by atoms with E-state index in [0.717, 1.165) is 0 Å². The van der Waals surface area contributed by atoms with Crippen LogP contribution < -0.4 is 0 Å². The summed E-state index contributed by atoms with van der Waals surface area (Å²) in [6.45, 7) is 3.56. The van der Waals surface area contributed by atoms with Crippen LogP contribution in [0.4, 0.5) is 4.79 Å². The third kappa shape index (κ3) is 3.23. The Morgan fingerprint density at radius 1 is 1.67 bits per heavy atom. The van der Waals surface area contributed by atoms with E-state index < -0.39 is 15.9 Å². The number of carbonyl (C=O) groups excluding carboxylic acids is 1. The van der Waals surface area contributed by atoms with Gasteiger partial charge in [0.1, 0.15) is 6.61 Å². The minimum absolute atomic E-state index is 0.0344. The van der Waals surface area contributed by atoms with Crippen molar-refractivity contribution >= 4 is 15.9 Å². The molecular weight excluding hydrogens is 218 g/mol. The molecule has 5 nitrogen and oxygen atoms in total. The molecule has 0 unspecified atom stereocenters. The molecule has 0 N–H and O–H groups in total. The van der Waals surface area contributed by atoms with Gasteiger partial charge in [-0.3, -0.25) is 0 Å². The molecule has 1 heterocycles. The summed E-state index contributed by atoms with van der Waals surface area (Å²) in [7, 11) is -1.41. The standard InChI is InChI=1S/C9H15NO4S/c1-3-5-14-9(11)10(2)8-4-6-15(12,13)7-8/h3,8H,1,4-7H2,2H3/t8-/m0/s1. The van der Waals surface area contributed by atoms with Crippen molar-refractivity contribution in [1.29, 1.82) is 0 Å². The van der Waals surface area contributed by atoms with Crippen molar-refractivity contribution in [2.24, 2.45) is 0 Å². The van der Waals surface area contributed by atoms with E-state index >= 15 is 0 Å². The third-order valence-electron chi connectivity index (χ3n) is 2.37. The van der Waals surface area contributed by atoms with Gasteiger partial charge in [-0.05, 0) is 6.42 Å². The smallest absolute Gasteiger partial charge is 0.410 e. The van der Waals surface area contributed by atoms with Crippen molar-refractivity contribution in [2.45, 2.75) is 12.5 Å². The van der Waals surface area contributed by atoms with E-state index in [-0.39, 0.29) is 24.2 Å². The predicted molar refractivity (Wildman–Crippen MR) is 56.4 cm³/mol. The Morgan fingerprint density at radius 3 is 2.80 bits per heavy atom. The van der Waals surface area contributed by atoms with E-state index in [1.165, 1.54) is 11.0 Å². The largest absolute Gasteiger partial charge is 0.445 e. The fourth-order valence-electron chi connectivity index (χ4n) is 1.46. The van der Waals surface area contributed by atoms with E-state index in [1.54, 1.807) is 7.05 Å². The summed E-state index contributed by atoms with van der Waals surface area (Å²) < 4.78 is 27.2. The quantitative estimate of drug-likeness (QED) is 0.663. The van der Waals surface area contributed by atoms with Crippen molar-refractivity contribution in [3.8, 4) is 0 Å². The Labute approximate surface area is 89.6 Å². The average Bonchev–Trinajstić information content (AvgIpc) is 2.54. The molecule has 0 aromatic carbocycles. The summed E-state index contributed by atoms with van der Waals surface area (Å²) in [6.07, 6.45) is 1.45. The third-order valence-corrected chi connectivity index (χ3v) is 4.12. The lowest BCUT2D eigenvalue weighted by atomic mass is 10.2. The summed E-state index contributed by atoms with van der Waals surface area (Å²) >= 11 is 0. The first kappa shape index (κ1) is 12.0. The minimum Gasteiger partial charge on any atom is -0.445 e. The molecule has 0 aromatic heterocycles. The maximum atomic E-state index is 11.4. The van der Waals surface area contributed by atoms with Gasteiger partial charge in [-0.15, -0.1) is 0 Å². The molecule has 0 aromatic rings. The van der Waals surface area contributed by atoms with Crippen LogP contribution in [0, 0.1) is 0 Å². The Morgan fingerprint density at radius 2 is 2.33 bits per heavy atom. The highest BCUT2D eigenvalue weighted by Gasteiger charge is 2.33. The molecule has 6 heteroatoms. The molecule has 0 radical (unpaired) electrons. The highest BCUT2D eigenvalue weighted by Crippen LogP contribution is 2.16. The zero-order chi connectivity index (χ0) is 11.5. The van der Waals surface area contributed by atoms with Crippen LogP contribution in [0.2, 0.25) is 0 Å². The first-order valence-corrected chi connectivity index (χ1v) is 6.49. The van der Waals surface area contributed by atoms with Crippen LogP contribution in [0.1, 0.15) is 6.42 Å². The number of rotatable bonds is 3. The number of nitrogens with zero attached hydrogens (tertiary/aromatic N) is 1. The monoisotopic (exact) mass is 233 g/mol. The molecule has 1 aliphatic rings. The summed E-state index contributed by atoms with van der Waals surface area (Å²) in [6, 6.07) is -0.257. The van der Waals surface area contributed by atoms with Crippen molar-refractivity contribution in [3.05, 3.63) is 12.7 Å². The lowest BCUT2D eigenvalue weighted by molar-refractivity contribution is 0.110. The molecule has 0 bridgehead atoms. The maximum absolute atomic E-state index is 11.4. The lowest BCUT2D eigenvalue weighted by Crippen LogP contribution is -2.38. The molecular formula is C9H15NO4S. The molecule has 0 saturated carbocycles. The second-order valence-electron chi connectivity index (χ2n) is 3.53. The van der Waals surface area contributed by atoms with Crippen molar-refractivity contribution in [1.82, 2.24) is 4.90 Å². The molecule has 1 saturated heterocycles.